The molecule has 2 aliphatic rings. The fourth-order valence-electron chi connectivity index (χ4n) is 5.48. The molecule has 2 fully saturated rings. The van der Waals surface area contributed by atoms with Crippen LogP contribution in [0.2, 0.25) is 0 Å². The van der Waals surface area contributed by atoms with Crippen molar-refractivity contribution in [1.82, 2.24) is 19.8 Å². The third kappa shape index (κ3) is 6.83. The molecule has 2 N–H and O–H groups in total. The standard InChI is InChI=1S/C29H40N8O3S/c1-21-20-30-29(33-28(21)31-24-7-5-6-8-26(24)35(3)41(38)39)32-25-10-9-23(19-27(25)40-4)36-13-11-22(12-14-36)37-17-15-34(2)16-18-37/h5-10,19-20,22,41H,11-18H2,1-4H3,(H2,30,31,32,33). The van der Waals surface area contributed by atoms with Crippen molar-refractivity contribution >= 4 is 45.4 Å². The molecular formula is C29H40N8O3S. The second-order valence-corrected chi connectivity index (χ2v) is 11.8. The maximum atomic E-state index is 11.6. The number of benzene rings is 2. The number of piperazine rings is 1. The Labute approximate surface area is 244 Å². The van der Waals surface area contributed by atoms with Gasteiger partial charge in [0.2, 0.25) is 16.8 Å². The van der Waals surface area contributed by atoms with E-state index in [0.717, 1.165) is 43.1 Å². The molecule has 2 saturated heterocycles. The van der Waals surface area contributed by atoms with E-state index in [-0.39, 0.29) is 0 Å². The van der Waals surface area contributed by atoms with Gasteiger partial charge in [0.25, 0.3) is 0 Å². The van der Waals surface area contributed by atoms with E-state index in [9.17, 15) is 8.42 Å². The van der Waals surface area contributed by atoms with E-state index in [0.29, 0.717) is 34.9 Å². The molecule has 2 aromatic carbocycles. The van der Waals surface area contributed by atoms with Crippen LogP contribution < -0.4 is 24.6 Å². The summed E-state index contributed by atoms with van der Waals surface area (Å²) >= 11 is 0. The monoisotopic (exact) mass is 580 g/mol. The van der Waals surface area contributed by atoms with Crippen LogP contribution in [0.3, 0.4) is 0 Å². The fourth-order valence-corrected chi connectivity index (χ4v) is 5.83. The van der Waals surface area contributed by atoms with Crippen LogP contribution in [-0.4, -0.2) is 94.7 Å². The SMILES string of the molecule is COc1cc(N2CCC(N3CCN(C)CC3)CC2)ccc1Nc1ncc(C)c(Nc2ccccc2N(C)[SH](=O)=O)n1. The van der Waals surface area contributed by atoms with Crippen LogP contribution in [0.25, 0.3) is 0 Å². The lowest BCUT2D eigenvalue weighted by molar-refractivity contribution is 0.0982. The van der Waals surface area contributed by atoms with E-state index >= 15 is 0 Å². The van der Waals surface area contributed by atoms with Gasteiger partial charge in [-0.3, -0.25) is 9.21 Å². The number of methoxy groups -OCH3 is 1. The smallest absolute Gasteiger partial charge is 0.229 e. The van der Waals surface area contributed by atoms with Crippen LogP contribution >= 0.6 is 0 Å². The first kappa shape index (κ1) is 28.9. The molecule has 41 heavy (non-hydrogen) atoms. The predicted octanol–water partition coefficient (Wildman–Crippen LogP) is 3.46. The van der Waals surface area contributed by atoms with Crippen molar-refractivity contribution in [3.8, 4) is 5.75 Å². The average molecular weight is 581 g/mol. The highest BCUT2D eigenvalue weighted by atomic mass is 32.2. The Kier molecular flexibility index (Phi) is 9.11. The molecule has 220 valence electrons. The summed E-state index contributed by atoms with van der Waals surface area (Å²) in [7, 11) is 2.61. The summed E-state index contributed by atoms with van der Waals surface area (Å²) in [5, 5.41) is 6.56. The Balaban J connectivity index is 1.27. The molecule has 0 unspecified atom stereocenters. The second-order valence-electron chi connectivity index (χ2n) is 10.7. The number of hydrogen-bond acceptors (Lipinski definition) is 10. The average Bonchev–Trinajstić information content (AvgIpc) is 2.99. The second kappa shape index (κ2) is 12.9. The number of hydrogen-bond donors (Lipinski definition) is 3. The largest absolute Gasteiger partial charge is 0.494 e. The van der Waals surface area contributed by atoms with Crippen molar-refractivity contribution in [3.05, 3.63) is 54.2 Å². The number of nitrogens with zero attached hydrogens (tertiary/aromatic N) is 6. The zero-order valence-corrected chi connectivity index (χ0v) is 25.1. The van der Waals surface area contributed by atoms with Crippen LogP contribution in [0.4, 0.5) is 34.5 Å². The summed E-state index contributed by atoms with van der Waals surface area (Å²) in [6.45, 7) is 8.60. The highest BCUT2D eigenvalue weighted by Gasteiger charge is 2.27. The van der Waals surface area contributed by atoms with Gasteiger partial charge in [0.1, 0.15) is 11.6 Å². The van der Waals surface area contributed by atoms with Crippen molar-refractivity contribution in [2.45, 2.75) is 25.8 Å². The molecule has 3 aromatic rings. The predicted molar refractivity (Wildman–Crippen MR) is 166 cm³/mol. The highest BCUT2D eigenvalue weighted by molar-refractivity contribution is 7.74. The van der Waals surface area contributed by atoms with Crippen LogP contribution in [0, 0.1) is 6.92 Å². The summed E-state index contributed by atoms with van der Waals surface area (Å²) in [5.74, 6) is 1.69. The third-order valence-corrected chi connectivity index (χ3v) is 8.74. The molecule has 0 amide bonds. The Morgan fingerprint density at radius 1 is 0.976 bits per heavy atom. The normalized spacial score (nSPS) is 17.0. The van der Waals surface area contributed by atoms with Gasteiger partial charge in [-0.15, -0.1) is 0 Å². The van der Waals surface area contributed by atoms with Gasteiger partial charge < -0.3 is 25.2 Å². The minimum absolute atomic E-state index is 0.401. The maximum Gasteiger partial charge on any atom is 0.229 e. The van der Waals surface area contributed by atoms with Crippen LogP contribution in [0.5, 0.6) is 5.75 Å². The Bertz CT molecular complexity index is 1410. The zero-order valence-electron chi connectivity index (χ0n) is 24.2. The van der Waals surface area contributed by atoms with E-state index < -0.39 is 10.9 Å². The van der Waals surface area contributed by atoms with E-state index in [4.69, 9.17) is 4.74 Å². The van der Waals surface area contributed by atoms with Gasteiger partial charge in [-0.25, -0.2) is 13.4 Å². The number of aryl methyl sites for hydroxylation is 1. The van der Waals surface area contributed by atoms with Crippen LogP contribution in [-0.2, 0) is 10.9 Å². The summed E-state index contributed by atoms with van der Waals surface area (Å²) in [4.78, 5) is 16.7. The number of anilines is 6. The number of nitrogens with one attached hydrogen (secondary N) is 2. The minimum atomic E-state index is -2.77. The van der Waals surface area contributed by atoms with Gasteiger partial charge in [-0.1, -0.05) is 12.1 Å². The molecule has 0 spiro atoms. The van der Waals surface area contributed by atoms with Gasteiger partial charge in [-0.2, -0.15) is 4.98 Å². The number of piperidine rings is 1. The lowest BCUT2D eigenvalue weighted by Gasteiger charge is -2.42. The van der Waals surface area contributed by atoms with E-state index in [1.54, 1.807) is 25.4 Å². The number of rotatable bonds is 9. The zero-order chi connectivity index (χ0) is 28.9. The molecule has 3 heterocycles. The number of thiol groups is 1. The summed E-state index contributed by atoms with van der Waals surface area (Å²) in [6.07, 6.45) is 4.07. The number of para-hydroxylation sites is 2. The van der Waals surface area contributed by atoms with Gasteiger partial charge >= 0.3 is 0 Å². The molecule has 0 bridgehead atoms. The van der Waals surface area contributed by atoms with Crippen molar-refractivity contribution in [2.24, 2.45) is 0 Å². The van der Waals surface area contributed by atoms with Gasteiger partial charge in [0, 0.05) is 75.9 Å². The molecule has 1 aromatic heterocycles. The first-order valence-corrected chi connectivity index (χ1v) is 15.2. The number of likely N-dealkylation sites (N-methyl/N-ethyl adjacent to an activating group) is 1. The first-order valence-electron chi connectivity index (χ1n) is 14.0. The Hall–Kier alpha value is -3.61. The summed E-state index contributed by atoms with van der Waals surface area (Å²) in [5.41, 5.74) is 3.89. The van der Waals surface area contributed by atoms with Crippen molar-refractivity contribution < 1.29 is 13.2 Å². The van der Waals surface area contributed by atoms with Gasteiger partial charge in [-0.05, 0) is 51.1 Å². The Morgan fingerprint density at radius 3 is 2.41 bits per heavy atom. The molecule has 0 radical (unpaired) electrons. The highest BCUT2D eigenvalue weighted by Crippen LogP contribution is 2.34. The molecule has 0 aliphatic carbocycles. The van der Waals surface area contributed by atoms with E-state index in [1.165, 1.54) is 37.3 Å². The molecular weight excluding hydrogens is 540 g/mol. The third-order valence-electron chi connectivity index (χ3n) is 8.04. The van der Waals surface area contributed by atoms with Crippen molar-refractivity contribution in [2.75, 3.05) is 80.3 Å². The van der Waals surface area contributed by atoms with Gasteiger partial charge in [0.05, 0.1) is 24.2 Å². The Morgan fingerprint density at radius 2 is 1.71 bits per heavy atom. The molecule has 0 saturated carbocycles. The molecule has 11 nitrogen and oxygen atoms in total. The number of ether oxygens (including phenoxy) is 1. The van der Waals surface area contributed by atoms with Gasteiger partial charge in [0.15, 0.2) is 0 Å². The number of aromatic nitrogens is 2. The van der Waals surface area contributed by atoms with E-state index in [2.05, 4.69) is 54.5 Å². The lowest BCUT2D eigenvalue weighted by atomic mass is 10.0. The van der Waals surface area contributed by atoms with Crippen LogP contribution in [0.1, 0.15) is 18.4 Å². The first-order chi connectivity index (χ1) is 19.8. The van der Waals surface area contributed by atoms with E-state index in [1.807, 2.05) is 25.1 Å². The van der Waals surface area contributed by atoms with Crippen molar-refractivity contribution in [3.63, 3.8) is 0 Å². The maximum absolute atomic E-state index is 11.6. The topological polar surface area (TPSA) is 106 Å². The van der Waals surface area contributed by atoms with Crippen LogP contribution in [0.15, 0.2) is 48.7 Å². The van der Waals surface area contributed by atoms with Crippen molar-refractivity contribution in [1.29, 1.82) is 0 Å². The quantitative estimate of drug-likeness (QED) is 0.326. The lowest BCUT2D eigenvalue weighted by Crippen LogP contribution is -2.52. The molecule has 5 rings (SSSR count). The minimum Gasteiger partial charge on any atom is -0.494 e. The molecule has 2 aliphatic heterocycles. The summed E-state index contributed by atoms with van der Waals surface area (Å²) < 4.78 is 30.1. The summed E-state index contributed by atoms with van der Waals surface area (Å²) in [6, 6.07) is 14.0. The molecule has 0 atom stereocenters. The molecule has 12 heteroatoms. The fraction of sp³-hybridized carbons (Fsp3) is 0.448.